The van der Waals surface area contributed by atoms with Gasteiger partial charge in [-0.15, -0.1) is 0 Å². The molecule has 1 atom stereocenters. The van der Waals surface area contributed by atoms with Crippen molar-refractivity contribution < 1.29 is 27.9 Å². The van der Waals surface area contributed by atoms with Gasteiger partial charge in [-0.3, -0.25) is 4.79 Å². The summed E-state index contributed by atoms with van der Waals surface area (Å²) in [4.78, 5) is 29.0. The van der Waals surface area contributed by atoms with Gasteiger partial charge < -0.3 is 30.6 Å². The molecule has 0 aromatic heterocycles. The van der Waals surface area contributed by atoms with Crippen molar-refractivity contribution in [1.29, 1.82) is 0 Å². The highest BCUT2D eigenvalue weighted by atomic mass is 31.2. The Hall–Kier alpha value is -4.30. The van der Waals surface area contributed by atoms with Crippen LogP contribution in [0.2, 0.25) is 0 Å². The standard InChI is InChI=1S/C30H37N4O6P/c1-2-3-6-12-25(35)13-11-22-38-30(36)34-28(23-18-20-24(21-19-23)33-29(31)32)41(37,39-26-14-7-4-8-15-26)40-27-16-9-5-10-17-27/h4-5,7-10,14-21,28H,2-3,6,11-13,22H2,1H3,(H,34,36)(H4,31,32,33). The van der Waals surface area contributed by atoms with Crippen LogP contribution in [0.25, 0.3) is 0 Å². The largest absolute Gasteiger partial charge is 0.457 e. The second-order valence-electron chi connectivity index (χ2n) is 9.26. The fourth-order valence-corrected chi connectivity index (χ4v) is 5.77. The number of nitrogens with zero attached hydrogens (tertiary/aromatic N) is 1. The SMILES string of the molecule is CCCCCC(=O)CCCOC(=O)NC(c1ccc(N=C(N)N)cc1)P(=O)(Oc1ccccc1)Oc1ccccc1. The zero-order valence-electron chi connectivity index (χ0n) is 23.1. The number of ketones is 1. The molecule has 11 heteroatoms. The number of nitrogens with two attached hydrogens (primary N) is 2. The lowest BCUT2D eigenvalue weighted by molar-refractivity contribution is -0.119. The zero-order chi connectivity index (χ0) is 29.5. The normalized spacial score (nSPS) is 11.6. The van der Waals surface area contributed by atoms with Crippen LogP contribution in [0.4, 0.5) is 10.5 Å². The Morgan fingerprint density at radius 2 is 1.39 bits per heavy atom. The molecule has 41 heavy (non-hydrogen) atoms. The van der Waals surface area contributed by atoms with E-state index < -0.39 is 19.5 Å². The number of benzene rings is 3. The third-order valence-electron chi connectivity index (χ3n) is 5.88. The van der Waals surface area contributed by atoms with Crippen LogP contribution in [-0.2, 0) is 14.1 Å². The number of guanidine groups is 1. The third kappa shape index (κ3) is 10.7. The van der Waals surface area contributed by atoms with Crippen LogP contribution in [0.15, 0.2) is 89.9 Å². The smallest absolute Gasteiger partial charge is 0.450 e. The molecule has 0 spiro atoms. The highest BCUT2D eigenvalue weighted by Crippen LogP contribution is 2.59. The minimum Gasteiger partial charge on any atom is -0.450 e. The van der Waals surface area contributed by atoms with E-state index >= 15 is 0 Å². The molecule has 0 saturated carbocycles. The Morgan fingerprint density at radius 1 is 0.829 bits per heavy atom. The number of Topliss-reactive ketones (excluding diaryl/α,β-unsaturated/α-hetero) is 1. The Bertz CT molecular complexity index is 1270. The summed E-state index contributed by atoms with van der Waals surface area (Å²) in [5.74, 6) is -0.695. The molecule has 3 aromatic rings. The maximum Gasteiger partial charge on any atom is 0.457 e. The second kappa shape index (κ2) is 16.1. The molecule has 5 N–H and O–H groups in total. The summed E-state index contributed by atoms with van der Waals surface area (Å²) in [6.45, 7) is 2.10. The number of rotatable bonds is 16. The van der Waals surface area contributed by atoms with Gasteiger partial charge in [-0.25, -0.2) is 14.4 Å². The maximum absolute atomic E-state index is 14.6. The van der Waals surface area contributed by atoms with Crippen LogP contribution < -0.4 is 25.8 Å². The molecule has 1 unspecified atom stereocenters. The van der Waals surface area contributed by atoms with Crippen LogP contribution in [0.1, 0.15) is 56.8 Å². The van der Waals surface area contributed by atoms with E-state index in [1.807, 2.05) is 0 Å². The lowest BCUT2D eigenvalue weighted by atomic mass is 10.1. The second-order valence-corrected chi connectivity index (χ2v) is 11.2. The summed E-state index contributed by atoms with van der Waals surface area (Å²) in [5, 5.41) is 2.66. The predicted molar refractivity (Wildman–Crippen MR) is 159 cm³/mol. The van der Waals surface area contributed by atoms with Crippen molar-refractivity contribution >= 4 is 31.1 Å². The van der Waals surface area contributed by atoms with Gasteiger partial charge in [0.05, 0.1) is 12.3 Å². The first kappa shape index (κ1) is 31.2. The van der Waals surface area contributed by atoms with Gasteiger partial charge in [-0.2, -0.15) is 0 Å². The Morgan fingerprint density at radius 3 is 1.93 bits per heavy atom. The van der Waals surface area contributed by atoms with Gasteiger partial charge in [0, 0.05) is 12.8 Å². The van der Waals surface area contributed by atoms with E-state index in [9.17, 15) is 14.2 Å². The van der Waals surface area contributed by atoms with E-state index in [1.54, 1.807) is 84.9 Å². The molecule has 10 nitrogen and oxygen atoms in total. The van der Waals surface area contributed by atoms with Gasteiger partial charge in [0.15, 0.2) is 11.7 Å². The number of hydrogen-bond donors (Lipinski definition) is 3. The maximum atomic E-state index is 14.6. The molecule has 0 aliphatic carbocycles. The van der Waals surface area contributed by atoms with Gasteiger partial charge in [-0.05, 0) is 54.8 Å². The van der Waals surface area contributed by atoms with Gasteiger partial charge in [0.2, 0.25) is 0 Å². The van der Waals surface area contributed by atoms with E-state index in [0.29, 0.717) is 30.5 Å². The van der Waals surface area contributed by atoms with E-state index in [2.05, 4.69) is 17.2 Å². The number of hydrogen-bond acceptors (Lipinski definition) is 7. The predicted octanol–water partition coefficient (Wildman–Crippen LogP) is 6.60. The molecule has 218 valence electrons. The first-order chi connectivity index (χ1) is 19.8. The summed E-state index contributed by atoms with van der Waals surface area (Å²) < 4.78 is 31.9. The molecule has 3 aromatic carbocycles. The third-order valence-corrected chi connectivity index (χ3v) is 7.87. The van der Waals surface area contributed by atoms with E-state index in [0.717, 1.165) is 19.3 Å². The zero-order valence-corrected chi connectivity index (χ0v) is 24.0. The number of amides is 1. The topological polar surface area (TPSA) is 155 Å². The van der Waals surface area contributed by atoms with Crippen molar-refractivity contribution in [1.82, 2.24) is 5.32 Å². The van der Waals surface area contributed by atoms with Crippen LogP contribution in [0.5, 0.6) is 11.5 Å². The molecular weight excluding hydrogens is 543 g/mol. The first-order valence-corrected chi connectivity index (χ1v) is 15.1. The lowest BCUT2D eigenvalue weighted by Gasteiger charge is -2.28. The summed E-state index contributed by atoms with van der Waals surface area (Å²) in [6, 6.07) is 23.5. The van der Waals surface area contributed by atoms with Crippen molar-refractivity contribution in [3.63, 3.8) is 0 Å². The van der Waals surface area contributed by atoms with Crippen LogP contribution in [0, 0.1) is 0 Å². The number of carbonyl (C=O) groups excluding carboxylic acids is 2. The number of unbranched alkanes of at least 4 members (excludes halogenated alkanes) is 2. The van der Waals surface area contributed by atoms with Crippen LogP contribution >= 0.6 is 7.60 Å². The van der Waals surface area contributed by atoms with Gasteiger partial charge in [0.1, 0.15) is 17.3 Å². The molecule has 0 aliphatic heterocycles. The molecule has 0 aliphatic rings. The molecule has 0 heterocycles. The fraction of sp³-hybridized carbons (Fsp3) is 0.300. The molecule has 0 radical (unpaired) electrons. The molecular formula is C30H37N4O6P. The number of aliphatic imine (C=N–C) groups is 1. The minimum absolute atomic E-state index is 0.0187. The number of para-hydroxylation sites is 2. The fourth-order valence-electron chi connectivity index (χ4n) is 3.89. The molecule has 0 bridgehead atoms. The van der Waals surface area contributed by atoms with E-state index in [4.69, 9.17) is 25.3 Å². The van der Waals surface area contributed by atoms with E-state index in [1.165, 1.54) is 0 Å². The summed E-state index contributed by atoms with van der Waals surface area (Å²) in [7, 11) is -4.21. The van der Waals surface area contributed by atoms with Crippen molar-refractivity contribution in [2.24, 2.45) is 16.5 Å². The Balaban J connectivity index is 1.84. The van der Waals surface area contributed by atoms with Crippen molar-refractivity contribution in [3.8, 4) is 11.5 Å². The Kier molecular flexibility index (Phi) is 12.3. The minimum atomic E-state index is -4.21. The van der Waals surface area contributed by atoms with Crippen molar-refractivity contribution in [3.05, 3.63) is 90.5 Å². The number of carbonyl (C=O) groups is 2. The van der Waals surface area contributed by atoms with Gasteiger partial charge >= 0.3 is 13.7 Å². The number of nitrogens with one attached hydrogen (secondary N) is 1. The number of alkyl carbamates (subject to hydrolysis) is 1. The monoisotopic (exact) mass is 580 g/mol. The highest BCUT2D eigenvalue weighted by Gasteiger charge is 2.42. The molecule has 0 fully saturated rings. The average molecular weight is 581 g/mol. The molecule has 0 saturated heterocycles. The van der Waals surface area contributed by atoms with Crippen LogP contribution in [0.3, 0.4) is 0 Å². The van der Waals surface area contributed by atoms with Crippen molar-refractivity contribution in [2.75, 3.05) is 6.61 Å². The van der Waals surface area contributed by atoms with Crippen LogP contribution in [-0.4, -0.2) is 24.4 Å². The lowest BCUT2D eigenvalue weighted by Crippen LogP contribution is -2.32. The molecule has 3 rings (SSSR count). The van der Waals surface area contributed by atoms with Gasteiger partial charge in [-0.1, -0.05) is 68.3 Å². The van der Waals surface area contributed by atoms with E-state index in [-0.39, 0.29) is 29.8 Å². The summed E-state index contributed by atoms with van der Waals surface area (Å²) in [6.07, 6.45) is 3.30. The molecule has 1 amide bonds. The number of ether oxygens (including phenoxy) is 1. The summed E-state index contributed by atoms with van der Waals surface area (Å²) in [5.41, 5.74) is 11.8. The highest BCUT2D eigenvalue weighted by molar-refractivity contribution is 7.55. The Labute approximate surface area is 240 Å². The van der Waals surface area contributed by atoms with Crippen molar-refractivity contribution in [2.45, 2.75) is 51.2 Å². The average Bonchev–Trinajstić information content (AvgIpc) is 2.95. The first-order valence-electron chi connectivity index (χ1n) is 13.5. The van der Waals surface area contributed by atoms with Gasteiger partial charge in [0.25, 0.3) is 0 Å². The summed E-state index contributed by atoms with van der Waals surface area (Å²) >= 11 is 0. The quantitative estimate of drug-likeness (QED) is 0.0741.